The standard InChI is InChI=1S/C13H13Cl2N5O3/c1-19(2)12-8(11(17)21)10(16)20(18-12)9-6(14)3-5(13(22)23)4-7(9)15/h3-4H,16H2,1-2H3,(H2,17,21)(H,22,23). The normalized spacial score (nSPS) is 10.6. The maximum absolute atomic E-state index is 11.6. The minimum atomic E-state index is -1.18. The molecule has 0 spiro atoms. The van der Waals surface area contributed by atoms with Gasteiger partial charge in [-0.2, -0.15) is 0 Å². The number of nitrogens with zero attached hydrogens (tertiary/aromatic N) is 3. The van der Waals surface area contributed by atoms with Crippen molar-refractivity contribution in [2.45, 2.75) is 0 Å². The molecule has 0 radical (unpaired) electrons. The van der Waals surface area contributed by atoms with E-state index in [2.05, 4.69) is 5.10 Å². The van der Waals surface area contributed by atoms with E-state index in [4.69, 9.17) is 39.8 Å². The molecule has 0 saturated carbocycles. The lowest BCUT2D eigenvalue weighted by atomic mass is 10.2. The minimum Gasteiger partial charge on any atom is -0.478 e. The molecule has 2 rings (SSSR count). The maximum Gasteiger partial charge on any atom is 0.335 e. The van der Waals surface area contributed by atoms with E-state index in [9.17, 15) is 9.59 Å². The molecule has 10 heteroatoms. The summed E-state index contributed by atoms with van der Waals surface area (Å²) >= 11 is 12.2. The zero-order chi connectivity index (χ0) is 17.5. The smallest absolute Gasteiger partial charge is 0.335 e. The highest BCUT2D eigenvalue weighted by atomic mass is 35.5. The van der Waals surface area contributed by atoms with Crippen molar-refractivity contribution in [1.82, 2.24) is 9.78 Å². The number of aromatic carboxylic acids is 1. The van der Waals surface area contributed by atoms with E-state index in [-0.39, 0.29) is 38.5 Å². The molecule has 0 aliphatic rings. The highest BCUT2D eigenvalue weighted by molar-refractivity contribution is 6.38. The van der Waals surface area contributed by atoms with Crippen LogP contribution >= 0.6 is 23.2 Å². The van der Waals surface area contributed by atoms with Crippen LogP contribution in [0.15, 0.2) is 12.1 Å². The van der Waals surface area contributed by atoms with Crippen molar-refractivity contribution in [3.05, 3.63) is 33.3 Å². The van der Waals surface area contributed by atoms with E-state index in [1.165, 1.54) is 12.1 Å². The average molecular weight is 358 g/mol. The van der Waals surface area contributed by atoms with Gasteiger partial charge in [-0.3, -0.25) is 4.79 Å². The number of benzene rings is 1. The molecule has 23 heavy (non-hydrogen) atoms. The van der Waals surface area contributed by atoms with E-state index in [1.54, 1.807) is 19.0 Å². The van der Waals surface area contributed by atoms with Crippen molar-refractivity contribution in [2.24, 2.45) is 5.73 Å². The summed E-state index contributed by atoms with van der Waals surface area (Å²) in [6, 6.07) is 2.43. The molecule has 8 nitrogen and oxygen atoms in total. The first kappa shape index (κ1) is 16.9. The number of carboxylic acids is 1. The number of rotatable bonds is 4. The lowest BCUT2D eigenvalue weighted by molar-refractivity contribution is 0.0696. The fourth-order valence-electron chi connectivity index (χ4n) is 2.03. The zero-order valence-corrected chi connectivity index (χ0v) is 13.7. The van der Waals surface area contributed by atoms with E-state index >= 15 is 0 Å². The van der Waals surface area contributed by atoms with Crippen LogP contribution in [-0.4, -0.2) is 40.9 Å². The number of hydrogen-bond acceptors (Lipinski definition) is 5. The van der Waals surface area contributed by atoms with Gasteiger partial charge in [0.1, 0.15) is 17.1 Å². The lowest BCUT2D eigenvalue weighted by Gasteiger charge is -2.10. The topological polar surface area (TPSA) is 127 Å². The van der Waals surface area contributed by atoms with Crippen LogP contribution in [0.4, 0.5) is 11.6 Å². The quantitative estimate of drug-likeness (QED) is 0.762. The predicted octanol–water partition coefficient (Wildman–Crippen LogP) is 1.62. The fourth-order valence-corrected chi connectivity index (χ4v) is 2.68. The number of hydrogen-bond donors (Lipinski definition) is 3. The van der Waals surface area contributed by atoms with Crippen molar-refractivity contribution >= 4 is 46.7 Å². The second-order valence-corrected chi connectivity index (χ2v) is 5.66. The Labute approximate surface area is 141 Å². The minimum absolute atomic E-state index is 0.0180. The van der Waals surface area contributed by atoms with Crippen molar-refractivity contribution in [1.29, 1.82) is 0 Å². The van der Waals surface area contributed by atoms with Gasteiger partial charge in [-0.1, -0.05) is 23.2 Å². The molecule has 0 fully saturated rings. The summed E-state index contributed by atoms with van der Waals surface area (Å²) in [4.78, 5) is 24.2. The molecule has 1 heterocycles. The summed E-state index contributed by atoms with van der Waals surface area (Å²) in [7, 11) is 3.32. The van der Waals surface area contributed by atoms with Gasteiger partial charge in [0, 0.05) is 14.1 Å². The number of carbonyl (C=O) groups is 2. The fraction of sp³-hybridized carbons (Fsp3) is 0.154. The largest absolute Gasteiger partial charge is 0.478 e. The van der Waals surface area contributed by atoms with Crippen molar-refractivity contribution in [2.75, 3.05) is 24.7 Å². The Balaban J connectivity index is 2.76. The molecular formula is C13H13Cl2N5O3. The molecule has 1 amide bonds. The third-order valence-corrected chi connectivity index (χ3v) is 3.62. The molecule has 0 bridgehead atoms. The molecule has 2 aromatic rings. The lowest BCUT2D eigenvalue weighted by Crippen LogP contribution is -2.18. The molecule has 0 unspecified atom stereocenters. The molecule has 0 saturated heterocycles. The Morgan fingerprint density at radius 2 is 1.78 bits per heavy atom. The van der Waals surface area contributed by atoms with E-state index in [0.29, 0.717) is 0 Å². The van der Waals surface area contributed by atoms with E-state index < -0.39 is 11.9 Å². The number of carboxylic acid groups (broad SMARTS) is 1. The average Bonchev–Trinajstić information content (AvgIpc) is 2.76. The van der Waals surface area contributed by atoms with E-state index in [0.717, 1.165) is 4.68 Å². The summed E-state index contributed by atoms with van der Waals surface area (Å²) in [5.74, 6) is -1.75. The number of primary amides is 1. The van der Waals surface area contributed by atoms with Crippen molar-refractivity contribution in [3.63, 3.8) is 0 Å². The highest BCUT2D eigenvalue weighted by Crippen LogP contribution is 2.34. The number of halogens is 2. The van der Waals surface area contributed by atoms with Gasteiger partial charge >= 0.3 is 5.97 Å². The van der Waals surface area contributed by atoms with Crippen LogP contribution in [0.1, 0.15) is 20.7 Å². The molecule has 0 aliphatic heterocycles. The summed E-state index contributed by atoms with van der Waals surface area (Å²) in [5, 5.41) is 13.2. The number of carbonyl (C=O) groups excluding carboxylic acids is 1. The second-order valence-electron chi connectivity index (χ2n) is 4.85. The van der Waals surface area contributed by atoms with Gasteiger partial charge in [-0.15, -0.1) is 5.10 Å². The first-order chi connectivity index (χ1) is 10.6. The number of amides is 1. The Kier molecular flexibility index (Phi) is 4.39. The van der Waals surface area contributed by atoms with Gasteiger partial charge in [-0.05, 0) is 12.1 Å². The van der Waals surface area contributed by atoms with E-state index in [1.807, 2.05) is 0 Å². The van der Waals surface area contributed by atoms with Gasteiger partial charge < -0.3 is 21.5 Å². The maximum atomic E-state index is 11.6. The van der Waals surface area contributed by atoms with Crippen molar-refractivity contribution < 1.29 is 14.7 Å². The highest BCUT2D eigenvalue weighted by Gasteiger charge is 2.25. The first-order valence-electron chi connectivity index (χ1n) is 6.23. The van der Waals surface area contributed by atoms with Gasteiger partial charge in [0.2, 0.25) is 0 Å². The van der Waals surface area contributed by atoms with Gasteiger partial charge in [0.15, 0.2) is 5.82 Å². The summed E-state index contributed by atoms with van der Waals surface area (Å²) < 4.78 is 1.16. The third kappa shape index (κ3) is 2.90. The van der Waals surface area contributed by atoms with Gasteiger partial charge in [-0.25, -0.2) is 9.48 Å². The van der Waals surface area contributed by atoms with Gasteiger partial charge in [0.05, 0.1) is 15.6 Å². The Hall–Kier alpha value is -2.45. The molecule has 1 aromatic carbocycles. The molecular weight excluding hydrogens is 345 g/mol. The zero-order valence-electron chi connectivity index (χ0n) is 12.2. The Morgan fingerprint density at radius 3 is 2.13 bits per heavy atom. The summed E-state index contributed by atoms with van der Waals surface area (Å²) in [6.45, 7) is 0. The van der Waals surface area contributed by atoms with Crippen LogP contribution in [-0.2, 0) is 0 Å². The predicted molar refractivity (Wildman–Crippen MR) is 87.8 cm³/mol. The Bertz CT molecular complexity index is 793. The SMILES string of the molecule is CN(C)c1nn(-c2c(Cl)cc(C(=O)O)cc2Cl)c(N)c1C(N)=O. The molecule has 5 N–H and O–H groups in total. The van der Waals surface area contributed by atoms with Crippen LogP contribution in [0.25, 0.3) is 5.69 Å². The van der Waals surface area contributed by atoms with Crippen LogP contribution in [0.2, 0.25) is 10.0 Å². The van der Waals surface area contributed by atoms with Gasteiger partial charge in [0.25, 0.3) is 5.91 Å². The first-order valence-corrected chi connectivity index (χ1v) is 6.99. The molecule has 1 aromatic heterocycles. The number of nitrogens with two attached hydrogens (primary N) is 2. The second kappa shape index (κ2) is 5.98. The molecule has 122 valence electrons. The number of aromatic nitrogens is 2. The summed E-state index contributed by atoms with van der Waals surface area (Å²) in [5.41, 5.74) is 11.4. The monoisotopic (exact) mass is 357 g/mol. The number of nitrogen functional groups attached to an aromatic ring is 1. The number of anilines is 2. The van der Waals surface area contributed by atoms with Crippen LogP contribution in [0.5, 0.6) is 0 Å². The van der Waals surface area contributed by atoms with Crippen molar-refractivity contribution in [3.8, 4) is 5.69 Å². The molecule has 0 atom stereocenters. The summed E-state index contributed by atoms with van der Waals surface area (Å²) in [6.07, 6.45) is 0. The van der Waals surface area contributed by atoms with Crippen LogP contribution < -0.4 is 16.4 Å². The Morgan fingerprint density at radius 1 is 1.26 bits per heavy atom. The molecule has 0 aliphatic carbocycles. The third-order valence-electron chi connectivity index (χ3n) is 3.05. The van der Waals surface area contributed by atoms with Crippen LogP contribution in [0, 0.1) is 0 Å². The van der Waals surface area contributed by atoms with Crippen LogP contribution in [0.3, 0.4) is 0 Å².